The Labute approximate surface area is 87.2 Å². The lowest BCUT2D eigenvalue weighted by atomic mass is 10.00. The van der Waals surface area contributed by atoms with Crippen molar-refractivity contribution in [2.75, 3.05) is 20.3 Å². The standard InChI is InChI=1S/C11H23NO2/c1-9-7-11(8-10(2)14-9)12-5-4-6-13-3/h9-12H,4-8H2,1-3H3/t9-,10-/m1/s1. The van der Waals surface area contributed by atoms with Gasteiger partial charge in [-0.15, -0.1) is 0 Å². The van der Waals surface area contributed by atoms with Crippen LogP contribution in [0.4, 0.5) is 0 Å². The number of hydrogen-bond donors (Lipinski definition) is 1. The van der Waals surface area contributed by atoms with Crippen LogP contribution in [0.5, 0.6) is 0 Å². The minimum atomic E-state index is 0.402. The maximum atomic E-state index is 5.68. The maximum Gasteiger partial charge on any atom is 0.0565 e. The zero-order valence-electron chi connectivity index (χ0n) is 9.58. The van der Waals surface area contributed by atoms with Gasteiger partial charge in [-0.2, -0.15) is 0 Å². The predicted octanol–water partition coefficient (Wildman–Crippen LogP) is 1.57. The van der Waals surface area contributed by atoms with Crippen LogP contribution in [0.3, 0.4) is 0 Å². The molecular formula is C11H23NO2. The molecule has 3 heteroatoms. The Hall–Kier alpha value is -0.120. The number of ether oxygens (including phenoxy) is 2. The van der Waals surface area contributed by atoms with Gasteiger partial charge in [0.15, 0.2) is 0 Å². The molecule has 1 aliphatic heterocycles. The van der Waals surface area contributed by atoms with Crippen LogP contribution in [-0.2, 0) is 9.47 Å². The highest BCUT2D eigenvalue weighted by Gasteiger charge is 2.23. The van der Waals surface area contributed by atoms with E-state index in [-0.39, 0.29) is 0 Å². The summed E-state index contributed by atoms with van der Waals surface area (Å²) in [6.07, 6.45) is 4.17. The Morgan fingerprint density at radius 3 is 2.50 bits per heavy atom. The molecule has 0 aromatic carbocycles. The van der Waals surface area contributed by atoms with Gasteiger partial charge < -0.3 is 14.8 Å². The van der Waals surface area contributed by atoms with E-state index in [0.29, 0.717) is 18.2 Å². The lowest BCUT2D eigenvalue weighted by molar-refractivity contribution is -0.0421. The van der Waals surface area contributed by atoms with E-state index in [1.165, 1.54) is 0 Å². The van der Waals surface area contributed by atoms with Gasteiger partial charge in [-0.05, 0) is 39.7 Å². The zero-order valence-corrected chi connectivity index (χ0v) is 9.58. The molecule has 0 aliphatic carbocycles. The van der Waals surface area contributed by atoms with Crippen molar-refractivity contribution in [3.63, 3.8) is 0 Å². The average molecular weight is 201 g/mol. The maximum absolute atomic E-state index is 5.68. The summed E-state index contributed by atoms with van der Waals surface area (Å²) in [5, 5.41) is 3.56. The molecule has 1 fully saturated rings. The molecule has 0 amide bonds. The smallest absolute Gasteiger partial charge is 0.0565 e. The van der Waals surface area contributed by atoms with Crippen molar-refractivity contribution in [2.45, 2.75) is 51.4 Å². The van der Waals surface area contributed by atoms with Gasteiger partial charge >= 0.3 is 0 Å². The van der Waals surface area contributed by atoms with Crippen LogP contribution in [0.2, 0.25) is 0 Å². The highest BCUT2D eigenvalue weighted by molar-refractivity contribution is 4.78. The number of hydrogen-bond acceptors (Lipinski definition) is 3. The van der Waals surface area contributed by atoms with E-state index < -0.39 is 0 Å². The molecular weight excluding hydrogens is 178 g/mol. The predicted molar refractivity (Wildman–Crippen MR) is 57.5 cm³/mol. The summed E-state index contributed by atoms with van der Waals surface area (Å²) in [6.45, 7) is 6.21. The van der Waals surface area contributed by atoms with Gasteiger partial charge in [0.05, 0.1) is 12.2 Å². The largest absolute Gasteiger partial charge is 0.385 e. The second-order valence-corrected chi connectivity index (χ2v) is 4.23. The van der Waals surface area contributed by atoms with Crippen LogP contribution in [0, 0.1) is 0 Å². The summed E-state index contributed by atoms with van der Waals surface area (Å²) in [4.78, 5) is 0. The molecule has 2 atom stereocenters. The van der Waals surface area contributed by atoms with E-state index >= 15 is 0 Å². The van der Waals surface area contributed by atoms with Crippen molar-refractivity contribution < 1.29 is 9.47 Å². The number of nitrogens with one attached hydrogen (secondary N) is 1. The summed E-state index contributed by atoms with van der Waals surface area (Å²) >= 11 is 0. The van der Waals surface area contributed by atoms with E-state index in [2.05, 4.69) is 19.2 Å². The van der Waals surface area contributed by atoms with Crippen molar-refractivity contribution in [2.24, 2.45) is 0 Å². The lowest BCUT2D eigenvalue weighted by Gasteiger charge is -2.32. The molecule has 0 bridgehead atoms. The fraction of sp³-hybridized carbons (Fsp3) is 1.00. The third-order valence-corrected chi connectivity index (χ3v) is 2.66. The minimum Gasteiger partial charge on any atom is -0.385 e. The third-order valence-electron chi connectivity index (χ3n) is 2.66. The van der Waals surface area contributed by atoms with Gasteiger partial charge in [-0.3, -0.25) is 0 Å². The fourth-order valence-electron chi connectivity index (χ4n) is 2.09. The second kappa shape index (κ2) is 6.38. The van der Waals surface area contributed by atoms with Gasteiger partial charge in [0.2, 0.25) is 0 Å². The van der Waals surface area contributed by atoms with Gasteiger partial charge in [0.1, 0.15) is 0 Å². The van der Waals surface area contributed by atoms with Gasteiger partial charge in [-0.1, -0.05) is 0 Å². The topological polar surface area (TPSA) is 30.5 Å². The quantitative estimate of drug-likeness (QED) is 0.685. The molecule has 3 nitrogen and oxygen atoms in total. The van der Waals surface area contributed by atoms with E-state index in [1.54, 1.807) is 7.11 Å². The monoisotopic (exact) mass is 201 g/mol. The van der Waals surface area contributed by atoms with Crippen LogP contribution >= 0.6 is 0 Å². The molecule has 0 aromatic heterocycles. The van der Waals surface area contributed by atoms with Crippen LogP contribution in [0.25, 0.3) is 0 Å². The summed E-state index contributed by atoms with van der Waals surface area (Å²) in [5.41, 5.74) is 0. The average Bonchev–Trinajstić information content (AvgIpc) is 2.11. The summed E-state index contributed by atoms with van der Waals surface area (Å²) in [6, 6.07) is 0.630. The van der Waals surface area contributed by atoms with Crippen molar-refractivity contribution in [1.82, 2.24) is 5.32 Å². The minimum absolute atomic E-state index is 0.402. The van der Waals surface area contributed by atoms with Crippen LogP contribution < -0.4 is 5.32 Å². The van der Waals surface area contributed by atoms with Crippen molar-refractivity contribution in [3.8, 4) is 0 Å². The summed E-state index contributed by atoms with van der Waals surface area (Å²) in [5.74, 6) is 0. The molecule has 14 heavy (non-hydrogen) atoms. The molecule has 1 aliphatic rings. The molecule has 84 valence electrons. The summed E-state index contributed by atoms with van der Waals surface area (Å²) < 4.78 is 10.7. The zero-order chi connectivity index (χ0) is 10.4. The molecule has 0 saturated carbocycles. The fourth-order valence-corrected chi connectivity index (χ4v) is 2.09. The van der Waals surface area contributed by atoms with E-state index in [9.17, 15) is 0 Å². The Morgan fingerprint density at radius 2 is 1.93 bits per heavy atom. The molecule has 0 radical (unpaired) electrons. The van der Waals surface area contributed by atoms with Gasteiger partial charge in [0, 0.05) is 19.8 Å². The lowest BCUT2D eigenvalue weighted by Crippen LogP contribution is -2.41. The van der Waals surface area contributed by atoms with Crippen molar-refractivity contribution >= 4 is 0 Å². The molecule has 0 spiro atoms. The first kappa shape index (κ1) is 12.0. The highest BCUT2D eigenvalue weighted by atomic mass is 16.5. The van der Waals surface area contributed by atoms with E-state index in [0.717, 1.165) is 32.4 Å². The Morgan fingerprint density at radius 1 is 1.29 bits per heavy atom. The van der Waals surface area contributed by atoms with Crippen LogP contribution in [0.15, 0.2) is 0 Å². The molecule has 0 unspecified atom stereocenters. The first-order chi connectivity index (χ1) is 6.72. The number of rotatable bonds is 5. The van der Waals surface area contributed by atoms with Crippen molar-refractivity contribution in [3.05, 3.63) is 0 Å². The Kier molecular flexibility index (Phi) is 5.45. The van der Waals surface area contributed by atoms with Crippen LogP contribution in [-0.4, -0.2) is 38.5 Å². The molecule has 0 aromatic rings. The van der Waals surface area contributed by atoms with E-state index in [1.807, 2.05) is 0 Å². The normalized spacial score (nSPS) is 33.2. The first-order valence-corrected chi connectivity index (χ1v) is 5.60. The third kappa shape index (κ3) is 4.40. The van der Waals surface area contributed by atoms with E-state index in [4.69, 9.17) is 9.47 Å². The summed E-state index contributed by atoms with van der Waals surface area (Å²) in [7, 11) is 1.75. The Bertz CT molecular complexity index is 142. The highest BCUT2D eigenvalue weighted by Crippen LogP contribution is 2.18. The molecule has 1 saturated heterocycles. The van der Waals surface area contributed by atoms with Crippen LogP contribution in [0.1, 0.15) is 33.1 Å². The molecule has 1 heterocycles. The second-order valence-electron chi connectivity index (χ2n) is 4.23. The van der Waals surface area contributed by atoms with Gasteiger partial charge in [-0.25, -0.2) is 0 Å². The van der Waals surface area contributed by atoms with Crippen molar-refractivity contribution in [1.29, 1.82) is 0 Å². The molecule has 1 rings (SSSR count). The molecule has 1 N–H and O–H groups in total. The van der Waals surface area contributed by atoms with Gasteiger partial charge in [0.25, 0.3) is 0 Å². The Balaban J connectivity index is 2.10. The first-order valence-electron chi connectivity index (χ1n) is 5.60. The SMILES string of the molecule is COCCCNC1C[C@@H](C)O[C@H](C)C1. The number of methoxy groups -OCH3 is 1.